The smallest absolute Gasteiger partial charge is 0.187 e. The van der Waals surface area contributed by atoms with E-state index in [0.717, 1.165) is 5.56 Å². The Morgan fingerprint density at radius 1 is 1.20 bits per heavy atom. The van der Waals surface area contributed by atoms with E-state index in [1.165, 1.54) is 12.1 Å². The summed E-state index contributed by atoms with van der Waals surface area (Å²) < 4.78 is 33.4. The first-order valence-corrected chi connectivity index (χ1v) is 10.4. The summed E-state index contributed by atoms with van der Waals surface area (Å²) in [4.78, 5) is 4.09. The van der Waals surface area contributed by atoms with Crippen molar-refractivity contribution in [2.24, 2.45) is 0 Å². The van der Waals surface area contributed by atoms with E-state index in [1.54, 1.807) is 42.9 Å². The van der Waals surface area contributed by atoms with Crippen LogP contribution in [0.15, 0.2) is 61.2 Å². The predicted molar refractivity (Wildman–Crippen MR) is 112 cm³/mol. The zero-order valence-electron chi connectivity index (χ0n) is 16.1. The Hall–Kier alpha value is -2.12. The van der Waals surface area contributed by atoms with Crippen LogP contribution in [0.25, 0.3) is 0 Å². The average molecular weight is 451 g/mol. The van der Waals surface area contributed by atoms with Gasteiger partial charge in [0, 0.05) is 29.9 Å². The Balaban J connectivity index is 1.42. The number of rotatable bonds is 8. The molecule has 4 rings (SSSR count). The van der Waals surface area contributed by atoms with Crippen molar-refractivity contribution in [3.05, 3.63) is 82.6 Å². The number of nitrogens with zero attached hydrogens (tertiary/aromatic N) is 2. The lowest BCUT2D eigenvalue weighted by atomic mass is 10.0. The Kier molecular flexibility index (Phi) is 6.58. The molecule has 0 bridgehead atoms. The molecule has 2 unspecified atom stereocenters. The van der Waals surface area contributed by atoms with Gasteiger partial charge < -0.3 is 18.8 Å². The molecule has 0 N–H and O–H groups in total. The maximum atomic E-state index is 13.2. The monoisotopic (exact) mass is 450 g/mol. The number of imidazole rings is 1. The van der Waals surface area contributed by atoms with Gasteiger partial charge in [-0.05, 0) is 36.2 Å². The summed E-state index contributed by atoms with van der Waals surface area (Å²) in [6, 6.07) is 11.5. The predicted octanol–water partition coefficient (Wildman–Crippen LogP) is 5.15. The van der Waals surface area contributed by atoms with E-state index < -0.39 is 5.79 Å². The molecule has 0 saturated carbocycles. The van der Waals surface area contributed by atoms with E-state index in [4.69, 9.17) is 37.4 Å². The third-order valence-electron chi connectivity index (χ3n) is 4.92. The number of ether oxygens (including phenoxy) is 3. The quantitative estimate of drug-likeness (QED) is 0.475. The highest BCUT2D eigenvalue weighted by Crippen LogP contribution is 2.33. The van der Waals surface area contributed by atoms with Gasteiger partial charge in [0.1, 0.15) is 24.3 Å². The summed E-state index contributed by atoms with van der Waals surface area (Å²) >= 11 is 12.2. The molecule has 2 heterocycles. The van der Waals surface area contributed by atoms with E-state index in [0.29, 0.717) is 41.8 Å². The molecule has 2 atom stereocenters. The highest BCUT2D eigenvalue weighted by molar-refractivity contribution is 6.34. The van der Waals surface area contributed by atoms with Gasteiger partial charge in [-0.25, -0.2) is 9.37 Å². The molecule has 0 radical (unpaired) electrons. The molecular weight excluding hydrogens is 430 g/mol. The Morgan fingerprint density at radius 2 is 2.03 bits per heavy atom. The fourth-order valence-electron chi connectivity index (χ4n) is 3.41. The summed E-state index contributed by atoms with van der Waals surface area (Å²) in [7, 11) is 0. The zero-order valence-corrected chi connectivity index (χ0v) is 17.7. The minimum Gasteiger partial charge on any atom is -0.489 e. The van der Waals surface area contributed by atoms with Crippen LogP contribution in [0.4, 0.5) is 4.39 Å². The molecule has 2 aromatic carbocycles. The molecule has 1 aliphatic heterocycles. The molecule has 1 aromatic heterocycles. The molecule has 3 aromatic rings. The van der Waals surface area contributed by atoms with Crippen molar-refractivity contribution >= 4 is 23.2 Å². The van der Waals surface area contributed by atoms with Crippen molar-refractivity contribution in [3.63, 3.8) is 0 Å². The number of aryl methyl sites for hydroxylation is 1. The minimum absolute atomic E-state index is 0.253. The second-order valence-electron chi connectivity index (χ2n) is 7.21. The highest BCUT2D eigenvalue weighted by atomic mass is 35.5. The standard InChI is InChI=1S/C22H21Cl2FN2O3/c23-17-3-6-20(24)21(11-17)28-12-19-13-29-22(30-19,14-27-10-9-26-15-27)8-7-16-1-4-18(25)5-2-16/h1-6,9-11,15,19H,7-8,12-14H2. The van der Waals surface area contributed by atoms with Crippen LogP contribution in [-0.2, 0) is 22.4 Å². The maximum Gasteiger partial charge on any atom is 0.187 e. The third kappa shape index (κ3) is 5.32. The fraction of sp³-hybridized carbons (Fsp3) is 0.318. The molecule has 0 spiro atoms. The van der Waals surface area contributed by atoms with Crippen LogP contribution in [0.5, 0.6) is 5.75 Å². The minimum atomic E-state index is -0.832. The molecule has 5 nitrogen and oxygen atoms in total. The lowest BCUT2D eigenvalue weighted by Crippen LogP contribution is -2.37. The third-order valence-corrected chi connectivity index (χ3v) is 5.47. The topological polar surface area (TPSA) is 45.5 Å². The van der Waals surface area contributed by atoms with Crippen LogP contribution in [0.1, 0.15) is 12.0 Å². The largest absolute Gasteiger partial charge is 0.489 e. The van der Waals surface area contributed by atoms with Crippen molar-refractivity contribution in [1.82, 2.24) is 9.55 Å². The van der Waals surface area contributed by atoms with Crippen molar-refractivity contribution < 1.29 is 18.6 Å². The van der Waals surface area contributed by atoms with Crippen LogP contribution in [0, 0.1) is 5.82 Å². The van der Waals surface area contributed by atoms with Crippen molar-refractivity contribution in [3.8, 4) is 5.75 Å². The van der Waals surface area contributed by atoms with E-state index in [2.05, 4.69) is 4.98 Å². The number of hydrogen-bond acceptors (Lipinski definition) is 4. The molecule has 30 heavy (non-hydrogen) atoms. The van der Waals surface area contributed by atoms with Gasteiger partial charge in [0.15, 0.2) is 5.79 Å². The van der Waals surface area contributed by atoms with Gasteiger partial charge in [-0.1, -0.05) is 35.3 Å². The van der Waals surface area contributed by atoms with Crippen molar-refractivity contribution in [2.75, 3.05) is 13.2 Å². The van der Waals surface area contributed by atoms with Gasteiger partial charge in [-0.2, -0.15) is 0 Å². The maximum absolute atomic E-state index is 13.2. The van der Waals surface area contributed by atoms with Gasteiger partial charge in [0.2, 0.25) is 0 Å². The van der Waals surface area contributed by atoms with Crippen LogP contribution < -0.4 is 4.74 Å². The summed E-state index contributed by atoms with van der Waals surface area (Å²) in [5.41, 5.74) is 1.01. The molecule has 0 amide bonds. The van der Waals surface area contributed by atoms with Gasteiger partial charge in [0.05, 0.1) is 24.5 Å². The van der Waals surface area contributed by atoms with Crippen LogP contribution >= 0.6 is 23.2 Å². The highest BCUT2D eigenvalue weighted by Gasteiger charge is 2.42. The summed E-state index contributed by atoms with van der Waals surface area (Å²) in [5.74, 6) is -0.579. The number of aromatic nitrogens is 2. The normalized spacial score (nSPS) is 21.1. The van der Waals surface area contributed by atoms with E-state index in [1.807, 2.05) is 10.8 Å². The Bertz CT molecular complexity index is 969. The summed E-state index contributed by atoms with van der Waals surface area (Å²) in [5, 5.41) is 1.03. The molecule has 158 valence electrons. The van der Waals surface area contributed by atoms with Crippen LogP contribution in [-0.4, -0.2) is 34.7 Å². The first-order chi connectivity index (χ1) is 14.5. The molecule has 1 aliphatic rings. The van der Waals surface area contributed by atoms with E-state index in [-0.39, 0.29) is 18.5 Å². The second-order valence-corrected chi connectivity index (χ2v) is 8.05. The summed E-state index contributed by atoms with van der Waals surface area (Å²) in [6.45, 7) is 1.15. The fourth-order valence-corrected chi connectivity index (χ4v) is 3.74. The Morgan fingerprint density at radius 3 is 2.80 bits per heavy atom. The van der Waals surface area contributed by atoms with Gasteiger partial charge >= 0.3 is 0 Å². The van der Waals surface area contributed by atoms with Crippen LogP contribution in [0.3, 0.4) is 0 Å². The SMILES string of the molecule is Fc1ccc(CCC2(Cn3ccnc3)OCC(COc3cc(Cl)ccc3Cl)O2)cc1. The number of benzene rings is 2. The summed E-state index contributed by atoms with van der Waals surface area (Å²) in [6.07, 6.45) is 6.32. The van der Waals surface area contributed by atoms with Gasteiger partial charge in [0.25, 0.3) is 0 Å². The van der Waals surface area contributed by atoms with E-state index >= 15 is 0 Å². The first-order valence-electron chi connectivity index (χ1n) is 9.61. The van der Waals surface area contributed by atoms with Gasteiger partial charge in [-0.15, -0.1) is 0 Å². The molecule has 8 heteroatoms. The number of hydrogen-bond donors (Lipinski definition) is 0. The molecule has 0 aliphatic carbocycles. The number of halogens is 3. The first kappa shape index (κ1) is 21.1. The lowest BCUT2D eigenvalue weighted by Gasteiger charge is -2.28. The van der Waals surface area contributed by atoms with Crippen molar-refractivity contribution in [2.45, 2.75) is 31.3 Å². The molecule has 1 saturated heterocycles. The van der Waals surface area contributed by atoms with Gasteiger partial charge in [-0.3, -0.25) is 0 Å². The Labute approximate surface area is 184 Å². The lowest BCUT2D eigenvalue weighted by molar-refractivity contribution is -0.184. The zero-order chi connectivity index (χ0) is 21.0. The average Bonchev–Trinajstić information content (AvgIpc) is 3.39. The molecule has 1 fully saturated rings. The van der Waals surface area contributed by atoms with Crippen LogP contribution in [0.2, 0.25) is 10.0 Å². The van der Waals surface area contributed by atoms with E-state index in [9.17, 15) is 4.39 Å². The molecular formula is C22H21Cl2FN2O3. The second kappa shape index (κ2) is 9.35. The van der Waals surface area contributed by atoms with Crippen molar-refractivity contribution in [1.29, 1.82) is 0 Å².